The first-order chi connectivity index (χ1) is 36.4. The monoisotopic (exact) mass is 1180 g/mol. The first kappa shape index (κ1) is 54.3. The number of alkyl halides is 1. The number of aliphatic hydroxyl groups is 3. The smallest absolute Gasteiger partial charge is 0.308 e. The van der Waals surface area contributed by atoms with Gasteiger partial charge in [0.15, 0.2) is 11.6 Å². The van der Waals surface area contributed by atoms with Crippen LogP contribution in [-0.4, -0.2) is 189 Å². The Bertz CT molecular complexity index is 2180. The normalized spacial score (nSPS) is 56.3. The van der Waals surface area contributed by atoms with E-state index in [1.165, 1.54) is 0 Å². The van der Waals surface area contributed by atoms with Crippen LogP contribution in [0.1, 0.15) is 143 Å². The van der Waals surface area contributed by atoms with E-state index in [0.717, 1.165) is 36.8 Å². The molecule has 2 spiro atoms. The number of nitrogens with two attached hydrogens (primary N) is 1. The summed E-state index contributed by atoms with van der Waals surface area (Å²) in [6, 6.07) is 0. The van der Waals surface area contributed by atoms with Crippen molar-refractivity contribution >= 4 is 28.6 Å². The molecule has 13 saturated heterocycles. The van der Waals surface area contributed by atoms with Crippen molar-refractivity contribution in [3.05, 3.63) is 24.3 Å². The van der Waals surface area contributed by atoms with E-state index in [9.17, 15) is 20.1 Å². The van der Waals surface area contributed by atoms with Crippen LogP contribution in [0.2, 0.25) is 0 Å². The van der Waals surface area contributed by atoms with E-state index in [2.05, 4.69) is 56.5 Å². The molecule has 13 aliphatic heterocycles. The molecule has 0 aromatic heterocycles. The predicted octanol–water partition coefficient (Wildman–Crippen LogP) is 5.07. The molecular weight excluding hydrogens is 1100 g/mol. The molecule has 13 fully saturated rings. The molecule has 0 saturated carbocycles. The van der Waals surface area contributed by atoms with Gasteiger partial charge in [0.25, 0.3) is 0 Å². The number of esters is 1. The van der Waals surface area contributed by atoms with Crippen LogP contribution in [0.3, 0.4) is 0 Å². The number of ether oxygens (including phenoxy) is 13. The summed E-state index contributed by atoms with van der Waals surface area (Å²) in [5.74, 6) is -1.96. The SMILES string of the molecule is C=C1CC2CC[C@]34CC(O)C(O3)[C@@H]3O[C@H]5CC[C@H](CC(=O)O[C@@H]6CC7OC8C[C@](C)(C[C@@H]9O[C@@]%10(CC[C@@H]9O)C[C@H](C)[C@@H]9O[C@H](CN)[C@H](O)C[C@@H]9O%10)O[C@@H]8C[C@@H]7O[C@H]6C[C@H]6O[C@@H](CC[C@@H]1O2)C[C@@H](C)C6=C)O[C@@H]5[C@H](O4)[C@@H]3I. The Kier molecular flexibility index (Phi) is 15.0. The average molecular weight is 1180 g/mol. The van der Waals surface area contributed by atoms with Crippen molar-refractivity contribution in [2.24, 2.45) is 17.6 Å². The summed E-state index contributed by atoms with van der Waals surface area (Å²) in [6.45, 7) is 15.7. The van der Waals surface area contributed by atoms with Gasteiger partial charge in [-0.1, -0.05) is 49.6 Å². The molecule has 0 aromatic rings. The van der Waals surface area contributed by atoms with E-state index in [-0.39, 0.29) is 114 Å². The maximum atomic E-state index is 14.4. The van der Waals surface area contributed by atoms with Gasteiger partial charge >= 0.3 is 5.97 Å². The van der Waals surface area contributed by atoms with Gasteiger partial charge < -0.3 is 82.6 Å². The number of hydrogen-bond acceptors (Lipinski definition) is 18. The van der Waals surface area contributed by atoms with Crippen LogP contribution in [0.5, 0.6) is 0 Å². The average Bonchev–Trinajstić information content (AvgIpc) is 4.01. The lowest BCUT2D eigenvalue weighted by molar-refractivity contribution is -0.371. The molecule has 0 aromatic carbocycles. The summed E-state index contributed by atoms with van der Waals surface area (Å²) in [6.07, 6.45) is 2.00. The Balaban J connectivity index is 0.717. The molecule has 13 aliphatic rings. The molecule has 426 valence electrons. The van der Waals surface area contributed by atoms with Crippen molar-refractivity contribution < 1.29 is 81.7 Å². The minimum Gasteiger partial charge on any atom is -0.459 e. The highest BCUT2D eigenvalue weighted by molar-refractivity contribution is 14.1. The molecule has 0 radical (unpaired) electrons. The van der Waals surface area contributed by atoms with Crippen molar-refractivity contribution in [2.45, 2.75) is 304 Å². The number of carbonyl (C=O) groups excluding carboxylic acids is 1. The van der Waals surface area contributed by atoms with Gasteiger partial charge in [0.2, 0.25) is 0 Å². The fourth-order valence-electron chi connectivity index (χ4n) is 16.4. The van der Waals surface area contributed by atoms with Crippen molar-refractivity contribution in [3.63, 3.8) is 0 Å². The molecule has 76 heavy (non-hydrogen) atoms. The van der Waals surface area contributed by atoms with Crippen molar-refractivity contribution in [1.29, 1.82) is 0 Å². The lowest BCUT2D eigenvalue weighted by Gasteiger charge is -2.54. The molecule has 0 amide bonds. The summed E-state index contributed by atoms with van der Waals surface area (Å²) >= 11 is 2.39. The maximum absolute atomic E-state index is 14.4. The minimum absolute atomic E-state index is 0.0316. The first-order valence-electron chi connectivity index (χ1n) is 29.3. The largest absolute Gasteiger partial charge is 0.459 e. The summed E-state index contributed by atoms with van der Waals surface area (Å²) < 4.78 is 88.4. The van der Waals surface area contributed by atoms with Crippen molar-refractivity contribution in [2.75, 3.05) is 6.54 Å². The molecule has 18 nitrogen and oxygen atoms in total. The van der Waals surface area contributed by atoms with E-state index < -0.39 is 78.2 Å². The quantitative estimate of drug-likeness (QED) is 0.125. The summed E-state index contributed by atoms with van der Waals surface area (Å²) in [5.41, 5.74) is 7.36. The number of halogens is 1. The summed E-state index contributed by atoms with van der Waals surface area (Å²) in [7, 11) is 0. The topological polar surface area (TPSA) is 224 Å². The molecule has 5 unspecified atom stereocenters. The van der Waals surface area contributed by atoms with Crippen LogP contribution in [0.25, 0.3) is 0 Å². The Morgan fingerprint density at radius 3 is 2.12 bits per heavy atom. The third-order valence-corrected chi connectivity index (χ3v) is 21.7. The second kappa shape index (κ2) is 21.0. The van der Waals surface area contributed by atoms with E-state index >= 15 is 0 Å². The van der Waals surface area contributed by atoms with Gasteiger partial charge in [-0.3, -0.25) is 4.79 Å². The Hall–Kier alpha value is -0.960. The molecule has 13 rings (SSSR count). The van der Waals surface area contributed by atoms with Crippen LogP contribution >= 0.6 is 22.6 Å². The van der Waals surface area contributed by atoms with Gasteiger partial charge in [-0.2, -0.15) is 0 Å². The van der Waals surface area contributed by atoms with Gasteiger partial charge in [0.05, 0.1) is 126 Å². The van der Waals surface area contributed by atoms with Crippen LogP contribution < -0.4 is 5.73 Å². The molecule has 0 aliphatic carbocycles. The van der Waals surface area contributed by atoms with E-state index in [1.807, 2.05) is 0 Å². The van der Waals surface area contributed by atoms with Crippen LogP contribution in [-0.2, 0) is 66.4 Å². The highest BCUT2D eigenvalue weighted by atomic mass is 127. The third-order valence-electron chi connectivity index (χ3n) is 20.3. The van der Waals surface area contributed by atoms with E-state index in [4.69, 9.17) is 67.3 Å². The zero-order chi connectivity index (χ0) is 52.6. The number of aliphatic hydroxyl groups excluding tert-OH is 3. The minimum atomic E-state index is -1.02. The maximum Gasteiger partial charge on any atom is 0.308 e. The second-order valence-electron chi connectivity index (χ2n) is 26.0. The van der Waals surface area contributed by atoms with Crippen molar-refractivity contribution in [1.82, 2.24) is 0 Å². The van der Waals surface area contributed by atoms with E-state index in [1.54, 1.807) is 0 Å². The molecule has 5 N–H and O–H groups in total. The Morgan fingerprint density at radius 1 is 0.566 bits per heavy atom. The lowest BCUT2D eigenvalue weighted by Crippen LogP contribution is -2.63. The number of carbonyl (C=O) groups is 1. The first-order valence-corrected chi connectivity index (χ1v) is 30.6. The fourth-order valence-corrected chi connectivity index (χ4v) is 17.5. The number of fused-ring (bicyclic) bond motifs is 12. The third kappa shape index (κ3) is 10.3. The van der Waals surface area contributed by atoms with Crippen molar-refractivity contribution in [3.8, 4) is 0 Å². The molecule has 19 heteroatoms. The zero-order valence-corrected chi connectivity index (χ0v) is 46.7. The van der Waals surface area contributed by atoms with Gasteiger partial charge in [-0.05, 0) is 81.3 Å². The molecule has 10 bridgehead atoms. The van der Waals surface area contributed by atoms with Crippen LogP contribution in [0.4, 0.5) is 0 Å². The summed E-state index contributed by atoms with van der Waals surface area (Å²) in [5, 5.41) is 33.7. The molecule has 29 atom stereocenters. The predicted molar refractivity (Wildman–Crippen MR) is 278 cm³/mol. The Labute approximate surface area is 460 Å². The van der Waals surface area contributed by atoms with Gasteiger partial charge in [0.1, 0.15) is 30.5 Å². The van der Waals surface area contributed by atoms with Gasteiger partial charge in [-0.15, -0.1) is 0 Å². The number of hydrogen-bond donors (Lipinski definition) is 4. The summed E-state index contributed by atoms with van der Waals surface area (Å²) in [4.78, 5) is 14.4. The molecular formula is C57H84INO17. The fraction of sp³-hybridized carbons (Fsp3) is 0.912. The van der Waals surface area contributed by atoms with Gasteiger partial charge in [0, 0.05) is 70.8 Å². The standard InChI is InChI=1S/C57H84INO17/c1-26-14-30-6-8-36-27(2)15-32(64-36)10-12-57-22-35(62)51(75-57)53-49(58)54(76-57)52-37(70-53)9-7-31(66-52)16-48(63)69-42-19-40-41(67-39(42)18-38(65-30)29(26)4)20-43-46(68-40)24-55(5,72-43)23-45-33(60)11-13-56(74-45)21-28(3)50-44(73-56)17-34(61)47(25-59)71-50/h26,28,30-47,49-54,60-62H,2,4,6-25,59H2,1,3,5H3/t26-,28+,30+,31-,32?,33+,34-,35?,36+,37+,38-,39+,40?,41+,42-,43-,44+,45+,46?,47-,49-,50+,51?,52+,53-,54-,55+,56+,57+/m1/s1. The van der Waals surface area contributed by atoms with Crippen LogP contribution in [0.15, 0.2) is 24.3 Å². The van der Waals surface area contributed by atoms with Crippen LogP contribution in [0, 0.1) is 11.8 Å². The van der Waals surface area contributed by atoms with Gasteiger partial charge in [-0.25, -0.2) is 0 Å². The second-order valence-corrected chi connectivity index (χ2v) is 27.4. The zero-order valence-electron chi connectivity index (χ0n) is 44.6. The highest BCUT2D eigenvalue weighted by Gasteiger charge is 2.64. The molecule has 13 heterocycles. The Morgan fingerprint density at radius 2 is 1.29 bits per heavy atom. The lowest BCUT2D eigenvalue weighted by atomic mass is 9.80. The number of rotatable bonds is 3. The van der Waals surface area contributed by atoms with E-state index in [0.29, 0.717) is 89.9 Å². The highest BCUT2D eigenvalue weighted by Crippen LogP contribution is 2.53.